The molecular weight excluding hydrogens is 309 g/mol. The molecule has 124 valence electrons. The molecule has 0 saturated carbocycles. The fourth-order valence-corrected chi connectivity index (χ4v) is 3.19. The van der Waals surface area contributed by atoms with Crippen molar-refractivity contribution in [3.63, 3.8) is 0 Å². The summed E-state index contributed by atoms with van der Waals surface area (Å²) in [5.41, 5.74) is 2.19. The van der Waals surface area contributed by atoms with E-state index in [1.807, 2.05) is 29.6 Å². The Bertz CT molecular complexity index is 630. The van der Waals surface area contributed by atoms with Crippen LogP contribution in [0.2, 0.25) is 0 Å². The molecule has 1 fully saturated rings. The zero-order chi connectivity index (χ0) is 16.6. The third-order valence-corrected chi connectivity index (χ3v) is 4.51. The number of hydrogen-bond donors (Lipinski definition) is 1. The molecule has 0 radical (unpaired) electrons. The zero-order valence-electron chi connectivity index (χ0n) is 12.4. The van der Waals surface area contributed by atoms with Crippen molar-refractivity contribution >= 4 is 11.8 Å². The van der Waals surface area contributed by atoms with Gasteiger partial charge in [0.1, 0.15) is 12.0 Å². The van der Waals surface area contributed by atoms with Gasteiger partial charge in [0.2, 0.25) is 11.8 Å². The average molecular weight is 326 g/mol. The lowest BCUT2D eigenvalue weighted by atomic mass is 9.91. The second-order valence-corrected chi connectivity index (χ2v) is 6.01. The van der Waals surface area contributed by atoms with E-state index >= 15 is 0 Å². The van der Waals surface area contributed by atoms with Crippen LogP contribution in [0.3, 0.4) is 0 Å². The number of halogens is 3. The first-order valence-electron chi connectivity index (χ1n) is 7.59. The van der Waals surface area contributed by atoms with Crippen molar-refractivity contribution < 1.29 is 22.8 Å². The van der Waals surface area contributed by atoms with Gasteiger partial charge in [0.15, 0.2) is 0 Å². The number of rotatable bonds is 1. The van der Waals surface area contributed by atoms with Crippen molar-refractivity contribution in [2.24, 2.45) is 5.92 Å². The van der Waals surface area contributed by atoms with Gasteiger partial charge in [0.05, 0.1) is 0 Å². The highest BCUT2D eigenvalue weighted by Gasteiger charge is 2.46. The summed E-state index contributed by atoms with van der Waals surface area (Å²) < 4.78 is 38.0. The SMILES string of the molecule is O=C1N[C@H](C(F)(F)F)CC[C@@H]1C(=O)N1CCc2ccccc2C1. The van der Waals surface area contributed by atoms with Crippen LogP contribution >= 0.6 is 0 Å². The molecule has 4 nitrogen and oxygen atoms in total. The smallest absolute Gasteiger partial charge is 0.344 e. The number of carbonyl (C=O) groups excluding carboxylic acids is 2. The summed E-state index contributed by atoms with van der Waals surface area (Å²) in [5.74, 6) is -2.21. The predicted octanol–water partition coefficient (Wildman–Crippen LogP) is 2.03. The number of benzene rings is 1. The van der Waals surface area contributed by atoms with Crippen molar-refractivity contribution in [3.8, 4) is 0 Å². The van der Waals surface area contributed by atoms with E-state index in [2.05, 4.69) is 0 Å². The first kappa shape index (κ1) is 15.8. The maximum Gasteiger partial charge on any atom is 0.408 e. The van der Waals surface area contributed by atoms with E-state index in [0.717, 1.165) is 5.56 Å². The van der Waals surface area contributed by atoms with E-state index in [1.54, 1.807) is 4.90 Å². The van der Waals surface area contributed by atoms with E-state index in [-0.39, 0.29) is 18.7 Å². The highest BCUT2D eigenvalue weighted by Crippen LogP contribution is 2.30. The number of amides is 2. The minimum atomic E-state index is -4.46. The van der Waals surface area contributed by atoms with Crippen LogP contribution in [0.25, 0.3) is 0 Å². The minimum absolute atomic E-state index is 0.0625. The van der Waals surface area contributed by atoms with Crippen molar-refractivity contribution in [2.45, 2.75) is 38.0 Å². The number of nitrogens with one attached hydrogen (secondary N) is 1. The fourth-order valence-electron chi connectivity index (χ4n) is 3.19. The molecule has 1 aromatic rings. The number of hydrogen-bond acceptors (Lipinski definition) is 2. The van der Waals surface area contributed by atoms with Crippen LogP contribution in [-0.2, 0) is 22.6 Å². The molecule has 2 aliphatic rings. The summed E-state index contributed by atoms with van der Waals surface area (Å²) in [6.07, 6.45) is -4.09. The van der Waals surface area contributed by atoms with Gasteiger partial charge in [-0.15, -0.1) is 0 Å². The Morgan fingerprint density at radius 1 is 1.17 bits per heavy atom. The number of nitrogens with zero attached hydrogens (tertiary/aromatic N) is 1. The molecule has 0 aliphatic carbocycles. The predicted molar refractivity (Wildman–Crippen MR) is 76.3 cm³/mol. The van der Waals surface area contributed by atoms with Crippen LogP contribution in [-0.4, -0.2) is 35.5 Å². The average Bonchev–Trinajstić information content (AvgIpc) is 2.53. The van der Waals surface area contributed by atoms with E-state index in [9.17, 15) is 22.8 Å². The Hall–Kier alpha value is -2.05. The Morgan fingerprint density at radius 2 is 1.87 bits per heavy atom. The van der Waals surface area contributed by atoms with Gasteiger partial charge in [-0.1, -0.05) is 24.3 Å². The molecule has 23 heavy (non-hydrogen) atoms. The zero-order valence-corrected chi connectivity index (χ0v) is 12.4. The Morgan fingerprint density at radius 3 is 2.52 bits per heavy atom. The van der Waals surface area contributed by atoms with Crippen molar-refractivity contribution in [2.75, 3.05) is 6.54 Å². The summed E-state index contributed by atoms with van der Waals surface area (Å²) in [6.45, 7) is 0.893. The summed E-state index contributed by atoms with van der Waals surface area (Å²) in [7, 11) is 0. The monoisotopic (exact) mass is 326 g/mol. The molecule has 2 heterocycles. The second kappa shape index (κ2) is 5.86. The van der Waals surface area contributed by atoms with Crippen molar-refractivity contribution in [3.05, 3.63) is 35.4 Å². The highest BCUT2D eigenvalue weighted by atomic mass is 19.4. The van der Waals surface area contributed by atoms with Gasteiger partial charge in [-0.25, -0.2) is 0 Å². The summed E-state index contributed by atoms with van der Waals surface area (Å²) in [4.78, 5) is 26.0. The van der Waals surface area contributed by atoms with Gasteiger partial charge in [0.25, 0.3) is 0 Å². The molecule has 1 N–H and O–H groups in total. The molecule has 2 aliphatic heterocycles. The van der Waals surface area contributed by atoms with Gasteiger partial charge >= 0.3 is 6.18 Å². The molecule has 0 unspecified atom stereocenters. The quantitative estimate of drug-likeness (QED) is 0.803. The summed E-state index contributed by atoms with van der Waals surface area (Å²) in [6, 6.07) is 5.89. The van der Waals surface area contributed by atoms with Gasteiger partial charge in [0, 0.05) is 13.1 Å². The lowest BCUT2D eigenvalue weighted by Gasteiger charge is -2.35. The second-order valence-electron chi connectivity index (χ2n) is 6.01. The number of fused-ring (bicyclic) bond motifs is 1. The number of piperidine rings is 1. The third kappa shape index (κ3) is 3.18. The van der Waals surface area contributed by atoms with Crippen molar-refractivity contribution in [1.82, 2.24) is 10.2 Å². The van der Waals surface area contributed by atoms with E-state index < -0.39 is 24.0 Å². The largest absolute Gasteiger partial charge is 0.408 e. The molecule has 1 saturated heterocycles. The van der Waals surface area contributed by atoms with Crippen LogP contribution in [0.5, 0.6) is 0 Å². The summed E-state index contributed by atoms with van der Waals surface area (Å²) in [5, 5.41) is 1.93. The molecule has 2 amide bonds. The van der Waals surface area contributed by atoms with Crippen LogP contribution < -0.4 is 5.32 Å². The summed E-state index contributed by atoms with van der Waals surface area (Å²) >= 11 is 0. The Kier molecular flexibility index (Phi) is 4.04. The normalized spacial score (nSPS) is 24.8. The molecule has 1 aromatic carbocycles. The minimum Gasteiger partial charge on any atom is -0.344 e. The first-order chi connectivity index (χ1) is 10.9. The topological polar surface area (TPSA) is 49.4 Å². The molecular formula is C16H17F3N2O2. The van der Waals surface area contributed by atoms with E-state index in [0.29, 0.717) is 19.5 Å². The fraction of sp³-hybridized carbons (Fsp3) is 0.500. The van der Waals surface area contributed by atoms with Crippen LogP contribution in [0, 0.1) is 5.92 Å². The van der Waals surface area contributed by atoms with Crippen LogP contribution in [0.4, 0.5) is 13.2 Å². The van der Waals surface area contributed by atoms with Crippen LogP contribution in [0.15, 0.2) is 24.3 Å². The van der Waals surface area contributed by atoms with Gasteiger partial charge in [-0.05, 0) is 30.4 Å². The lowest BCUT2D eigenvalue weighted by Crippen LogP contribution is -2.55. The number of carbonyl (C=O) groups is 2. The molecule has 0 bridgehead atoms. The van der Waals surface area contributed by atoms with E-state index in [4.69, 9.17) is 0 Å². The van der Waals surface area contributed by atoms with Crippen LogP contribution in [0.1, 0.15) is 24.0 Å². The molecule has 3 rings (SSSR count). The van der Waals surface area contributed by atoms with Gasteiger partial charge < -0.3 is 10.2 Å². The number of alkyl halides is 3. The molecule has 7 heteroatoms. The third-order valence-electron chi connectivity index (χ3n) is 4.51. The maximum absolute atomic E-state index is 12.7. The highest BCUT2D eigenvalue weighted by molar-refractivity contribution is 6.01. The van der Waals surface area contributed by atoms with Gasteiger partial charge in [-0.3, -0.25) is 9.59 Å². The maximum atomic E-state index is 12.7. The van der Waals surface area contributed by atoms with Crippen molar-refractivity contribution in [1.29, 1.82) is 0 Å². The Labute approximate surface area is 131 Å². The lowest BCUT2D eigenvalue weighted by molar-refractivity contribution is -0.172. The molecule has 2 atom stereocenters. The Balaban J connectivity index is 1.67. The first-order valence-corrected chi connectivity index (χ1v) is 7.59. The van der Waals surface area contributed by atoms with E-state index in [1.165, 1.54) is 5.56 Å². The van der Waals surface area contributed by atoms with Gasteiger partial charge in [-0.2, -0.15) is 13.2 Å². The standard InChI is InChI=1S/C16H17F3N2O2/c17-16(18,19)13-6-5-12(14(22)20-13)15(23)21-8-7-10-3-1-2-4-11(10)9-21/h1-4,12-13H,5-9H2,(H,20,22)/t12-,13-/m0/s1. The molecule has 0 spiro atoms. The molecule has 0 aromatic heterocycles.